The Morgan fingerprint density at radius 3 is 2.36 bits per heavy atom. The highest BCUT2D eigenvalue weighted by Crippen LogP contribution is 2.45. The number of hydrogen-bond donors (Lipinski definition) is 1. The van der Waals surface area contributed by atoms with Crippen molar-refractivity contribution < 1.29 is 35.5 Å². The number of alkyl halides is 6. The molecule has 0 saturated carbocycles. The molecule has 2 N–H and O–H groups in total. The Labute approximate surface area is 183 Å². The number of nitriles is 1. The van der Waals surface area contributed by atoms with Crippen molar-refractivity contribution in [2.75, 3.05) is 18.2 Å². The second-order valence-electron chi connectivity index (χ2n) is 7.24. The number of aryl methyl sites for hydroxylation is 1. The summed E-state index contributed by atoms with van der Waals surface area (Å²) < 4.78 is 87.1. The molecule has 7 nitrogen and oxygen atoms in total. The summed E-state index contributed by atoms with van der Waals surface area (Å²) in [5.74, 6) is 5.89. The van der Waals surface area contributed by atoms with Crippen molar-refractivity contribution in [2.24, 2.45) is 5.84 Å². The van der Waals surface area contributed by atoms with Crippen molar-refractivity contribution in [1.29, 1.82) is 5.26 Å². The van der Waals surface area contributed by atoms with Crippen molar-refractivity contribution in [3.05, 3.63) is 41.6 Å². The zero-order valence-corrected chi connectivity index (χ0v) is 17.3. The molecule has 0 unspecified atom stereocenters. The molecule has 2 aromatic heterocycles. The normalized spacial score (nSPS) is 12.7. The quantitative estimate of drug-likeness (QED) is 0.316. The van der Waals surface area contributed by atoms with Gasteiger partial charge in [-0.05, 0) is 43.7 Å². The SMILES string of the molecule is Cc1cc(C#N)cc2nc(-c3ccc(N(N)CCOC(C)(C(F)(F)F)C(F)(F)F)cn3)oc12. The van der Waals surface area contributed by atoms with Crippen molar-refractivity contribution in [1.82, 2.24) is 9.97 Å². The van der Waals surface area contributed by atoms with Crippen LogP contribution in [0.2, 0.25) is 0 Å². The Hall–Kier alpha value is -3.37. The number of rotatable bonds is 6. The molecule has 2 heterocycles. The molecule has 0 atom stereocenters. The van der Waals surface area contributed by atoms with E-state index in [0.29, 0.717) is 27.9 Å². The molecule has 0 spiro atoms. The fourth-order valence-electron chi connectivity index (χ4n) is 2.86. The highest BCUT2D eigenvalue weighted by molar-refractivity contribution is 5.80. The molecule has 3 rings (SSSR count). The van der Waals surface area contributed by atoms with Crippen LogP contribution in [0.5, 0.6) is 0 Å². The molecule has 0 saturated heterocycles. The molecule has 0 amide bonds. The molecule has 1 aromatic carbocycles. The number of ether oxygens (including phenoxy) is 1. The minimum atomic E-state index is -5.65. The van der Waals surface area contributed by atoms with Crippen LogP contribution in [-0.4, -0.2) is 41.1 Å². The lowest BCUT2D eigenvalue weighted by atomic mass is 10.1. The van der Waals surface area contributed by atoms with Crippen LogP contribution in [0, 0.1) is 18.3 Å². The number of pyridine rings is 1. The lowest BCUT2D eigenvalue weighted by Gasteiger charge is -2.34. The molecule has 0 aliphatic rings. The summed E-state index contributed by atoms with van der Waals surface area (Å²) in [4.78, 5) is 8.42. The van der Waals surface area contributed by atoms with Gasteiger partial charge in [0, 0.05) is 0 Å². The van der Waals surface area contributed by atoms with Crippen LogP contribution in [-0.2, 0) is 4.74 Å². The Morgan fingerprint density at radius 2 is 1.82 bits per heavy atom. The molecule has 33 heavy (non-hydrogen) atoms. The van der Waals surface area contributed by atoms with Crippen molar-refractivity contribution in [2.45, 2.75) is 31.8 Å². The summed E-state index contributed by atoms with van der Waals surface area (Å²) in [6, 6.07) is 8.13. The van der Waals surface area contributed by atoms with E-state index in [1.54, 1.807) is 19.1 Å². The lowest BCUT2D eigenvalue weighted by molar-refractivity contribution is -0.373. The van der Waals surface area contributed by atoms with Crippen molar-refractivity contribution in [3.8, 4) is 17.7 Å². The van der Waals surface area contributed by atoms with Gasteiger partial charge in [0.05, 0.1) is 36.7 Å². The third-order valence-corrected chi connectivity index (χ3v) is 4.91. The van der Waals surface area contributed by atoms with E-state index >= 15 is 0 Å². The highest BCUT2D eigenvalue weighted by atomic mass is 19.4. The Bertz CT molecular complexity index is 1170. The fraction of sp³-hybridized carbons (Fsp3) is 0.350. The highest BCUT2D eigenvalue weighted by Gasteiger charge is 2.69. The molecule has 0 radical (unpaired) electrons. The number of benzene rings is 1. The predicted octanol–water partition coefficient (Wildman–Crippen LogP) is 4.65. The average Bonchev–Trinajstić information content (AvgIpc) is 3.16. The van der Waals surface area contributed by atoms with E-state index in [4.69, 9.17) is 15.5 Å². The monoisotopic (exact) mass is 473 g/mol. The van der Waals surface area contributed by atoms with E-state index in [2.05, 4.69) is 14.7 Å². The summed E-state index contributed by atoms with van der Waals surface area (Å²) in [7, 11) is 0. The summed E-state index contributed by atoms with van der Waals surface area (Å²) in [6.45, 7) is 0.263. The number of nitrogens with two attached hydrogens (primary N) is 1. The number of aromatic nitrogens is 2. The number of oxazole rings is 1. The van der Waals surface area contributed by atoms with Crippen LogP contribution >= 0.6 is 0 Å². The molecule has 0 aliphatic heterocycles. The summed E-state index contributed by atoms with van der Waals surface area (Å²) >= 11 is 0. The number of nitrogens with zero attached hydrogens (tertiary/aromatic N) is 4. The summed E-state index contributed by atoms with van der Waals surface area (Å²) in [5.41, 5.74) is -1.75. The minimum Gasteiger partial charge on any atom is -0.434 e. The van der Waals surface area contributed by atoms with Crippen LogP contribution in [0.25, 0.3) is 22.7 Å². The average molecular weight is 473 g/mol. The molecular formula is C20H17F6N5O2. The van der Waals surface area contributed by atoms with E-state index in [1.165, 1.54) is 18.3 Å². The van der Waals surface area contributed by atoms with Gasteiger partial charge in [0.2, 0.25) is 5.89 Å². The number of anilines is 1. The zero-order valence-electron chi connectivity index (χ0n) is 17.3. The third-order valence-electron chi connectivity index (χ3n) is 4.91. The van der Waals surface area contributed by atoms with E-state index in [-0.39, 0.29) is 18.5 Å². The maximum Gasteiger partial charge on any atom is 0.426 e. The Morgan fingerprint density at radius 1 is 1.15 bits per heavy atom. The largest absolute Gasteiger partial charge is 0.434 e. The summed E-state index contributed by atoms with van der Waals surface area (Å²) in [5, 5.41) is 9.96. The smallest absolute Gasteiger partial charge is 0.426 e. The zero-order chi connectivity index (χ0) is 24.6. The first kappa shape index (κ1) is 24.3. The minimum absolute atomic E-state index is 0.0775. The van der Waals surface area contributed by atoms with Gasteiger partial charge in [-0.15, -0.1) is 0 Å². The molecular weight excluding hydrogens is 456 g/mol. The number of fused-ring (bicyclic) bond motifs is 1. The second kappa shape index (κ2) is 8.53. The topological polar surface area (TPSA) is 101 Å². The van der Waals surface area contributed by atoms with E-state index < -0.39 is 31.1 Å². The van der Waals surface area contributed by atoms with Gasteiger partial charge in [0.25, 0.3) is 5.60 Å². The van der Waals surface area contributed by atoms with Gasteiger partial charge < -0.3 is 14.2 Å². The number of hydrazine groups is 1. The molecule has 0 bridgehead atoms. The van der Waals surface area contributed by atoms with Gasteiger partial charge in [-0.3, -0.25) is 0 Å². The molecule has 0 aliphatic carbocycles. The second-order valence-corrected chi connectivity index (χ2v) is 7.24. The number of halogens is 6. The van der Waals surface area contributed by atoms with Crippen LogP contribution in [0.4, 0.5) is 32.0 Å². The predicted molar refractivity (Wildman–Crippen MR) is 105 cm³/mol. The van der Waals surface area contributed by atoms with Crippen molar-refractivity contribution in [3.63, 3.8) is 0 Å². The maximum absolute atomic E-state index is 12.9. The first-order valence-corrected chi connectivity index (χ1v) is 9.34. The Kier molecular flexibility index (Phi) is 6.27. The molecule has 13 heteroatoms. The van der Waals surface area contributed by atoms with Crippen molar-refractivity contribution >= 4 is 16.8 Å². The van der Waals surface area contributed by atoms with E-state index in [0.717, 1.165) is 5.01 Å². The van der Waals surface area contributed by atoms with Gasteiger partial charge in [0.15, 0.2) is 5.58 Å². The first-order valence-electron chi connectivity index (χ1n) is 9.34. The van der Waals surface area contributed by atoms with Gasteiger partial charge in [-0.2, -0.15) is 31.6 Å². The lowest BCUT2D eigenvalue weighted by Crippen LogP contribution is -2.57. The van der Waals surface area contributed by atoms with Gasteiger partial charge >= 0.3 is 12.4 Å². The first-order chi connectivity index (χ1) is 15.3. The third kappa shape index (κ3) is 4.71. The van der Waals surface area contributed by atoms with Gasteiger partial charge in [-0.1, -0.05) is 0 Å². The fourth-order valence-corrected chi connectivity index (χ4v) is 2.86. The van der Waals surface area contributed by atoms with Crippen LogP contribution < -0.4 is 10.9 Å². The van der Waals surface area contributed by atoms with Crippen LogP contribution in [0.1, 0.15) is 18.1 Å². The standard InChI is InChI=1S/C20H17F6N5O2/c1-11-7-12(9-27)8-15-16(11)33-17(30-15)14-4-3-13(10-29-14)31(28)5-6-32-18(2,19(21,22)23)20(24,25)26/h3-4,7-8,10H,5-6,28H2,1-2H3. The van der Waals surface area contributed by atoms with Crippen LogP contribution in [0.15, 0.2) is 34.9 Å². The Balaban J connectivity index is 1.71. The molecule has 3 aromatic rings. The molecule has 0 fully saturated rings. The van der Waals surface area contributed by atoms with Gasteiger partial charge in [0.1, 0.15) is 11.2 Å². The maximum atomic E-state index is 12.9. The molecule has 176 valence electrons. The number of hydrogen-bond acceptors (Lipinski definition) is 7. The van der Waals surface area contributed by atoms with Gasteiger partial charge in [-0.25, -0.2) is 15.8 Å². The summed E-state index contributed by atoms with van der Waals surface area (Å²) in [6.07, 6.45) is -10.1. The van der Waals surface area contributed by atoms with Crippen LogP contribution in [0.3, 0.4) is 0 Å². The van der Waals surface area contributed by atoms with E-state index in [1.807, 2.05) is 6.07 Å². The van der Waals surface area contributed by atoms with E-state index in [9.17, 15) is 26.3 Å².